The topological polar surface area (TPSA) is 71.0 Å². The summed E-state index contributed by atoms with van der Waals surface area (Å²) in [5.41, 5.74) is 0.960. The van der Waals surface area contributed by atoms with Crippen molar-refractivity contribution in [3.63, 3.8) is 0 Å². The van der Waals surface area contributed by atoms with Crippen molar-refractivity contribution in [1.82, 2.24) is 19.9 Å². The highest BCUT2D eigenvalue weighted by Gasteiger charge is 2.27. The maximum Gasteiger partial charge on any atom is 0.220 e. The minimum Gasteiger partial charge on any atom is -0.334 e. The fourth-order valence-corrected chi connectivity index (χ4v) is 3.35. The Balaban J connectivity index is 1.76. The van der Waals surface area contributed by atoms with Crippen molar-refractivity contribution in [1.29, 1.82) is 0 Å². The van der Waals surface area contributed by atoms with Gasteiger partial charge in [-0.1, -0.05) is 0 Å². The zero-order chi connectivity index (χ0) is 14.7. The Hall–Kier alpha value is -2.02. The summed E-state index contributed by atoms with van der Waals surface area (Å²) in [6.07, 6.45) is 8.11. The highest BCUT2D eigenvalue weighted by molar-refractivity contribution is 7.13. The molecular formula is C14H17N5OS. The molecule has 3 heterocycles. The molecule has 1 atom stereocenters. The fraction of sp³-hybridized carbons (Fsp3) is 0.429. The van der Waals surface area contributed by atoms with E-state index in [1.165, 1.54) is 11.3 Å². The molecule has 0 aromatic carbocycles. The quantitative estimate of drug-likeness (QED) is 0.944. The molecule has 7 heteroatoms. The summed E-state index contributed by atoms with van der Waals surface area (Å²) in [6.45, 7) is 2.45. The van der Waals surface area contributed by atoms with Gasteiger partial charge < -0.3 is 10.2 Å². The molecule has 1 aliphatic heterocycles. The molecule has 1 amide bonds. The van der Waals surface area contributed by atoms with E-state index in [-0.39, 0.29) is 11.9 Å². The van der Waals surface area contributed by atoms with Crippen molar-refractivity contribution in [2.75, 3.05) is 11.9 Å². The number of rotatable bonds is 3. The minimum absolute atomic E-state index is 0.102. The van der Waals surface area contributed by atoms with E-state index in [2.05, 4.69) is 20.3 Å². The van der Waals surface area contributed by atoms with Gasteiger partial charge in [-0.15, -0.1) is 11.3 Å². The minimum atomic E-state index is 0.102. The molecule has 0 radical (unpaired) electrons. The Labute approximate surface area is 127 Å². The van der Waals surface area contributed by atoms with Gasteiger partial charge >= 0.3 is 0 Å². The van der Waals surface area contributed by atoms with Crippen molar-refractivity contribution in [3.05, 3.63) is 29.7 Å². The second kappa shape index (κ2) is 6.17. The molecule has 0 bridgehead atoms. The largest absolute Gasteiger partial charge is 0.334 e. The Kier molecular flexibility index (Phi) is 4.10. The van der Waals surface area contributed by atoms with Crippen LogP contribution in [0.3, 0.4) is 0 Å². The first-order valence-electron chi connectivity index (χ1n) is 7.00. The first-order chi connectivity index (χ1) is 10.2. The van der Waals surface area contributed by atoms with Crippen molar-refractivity contribution < 1.29 is 4.79 Å². The van der Waals surface area contributed by atoms with Crippen molar-refractivity contribution in [2.24, 2.45) is 0 Å². The van der Waals surface area contributed by atoms with Crippen LogP contribution in [0.15, 0.2) is 24.0 Å². The van der Waals surface area contributed by atoms with Gasteiger partial charge in [0.25, 0.3) is 0 Å². The van der Waals surface area contributed by atoms with Crippen LogP contribution >= 0.6 is 11.3 Å². The summed E-state index contributed by atoms with van der Waals surface area (Å²) >= 11 is 1.52. The highest BCUT2D eigenvalue weighted by atomic mass is 32.1. The third-order valence-electron chi connectivity index (χ3n) is 3.57. The van der Waals surface area contributed by atoms with E-state index < -0.39 is 0 Å². The molecule has 0 aliphatic carbocycles. The zero-order valence-corrected chi connectivity index (χ0v) is 12.6. The lowest BCUT2D eigenvalue weighted by atomic mass is 10.00. The summed E-state index contributed by atoms with van der Waals surface area (Å²) in [5.74, 6) is 0.793. The second-order valence-electron chi connectivity index (χ2n) is 5.02. The van der Waals surface area contributed by atoms with Gasteiger partial charge in [-0.25, -0.2) is 9.97 Å². The first kappa shape index (κ1) is 13.9. The van der Waals surface area contributed by atoms with Crippen LogP contribution in [0.4, 0.5) is 10.9 Å². The maximum absolute atomic E-state index is 11.7. The van der Waals surface area contributed by atoms with E-state index in [1.54, 1.807) is 25.5 Å². The molecule has 1 fully saturated rings. The Morgan fingerprint density at radius 1 is 1.43 bits per heavy atom. The Bertz CT molecular complexity index is 615. The molecule has 2 aromatic rings. The Morgan fingerprint density at radius 3 is 3.10 bits per heavy atom. The van der Waals surface area contributed by atoms with Crippen LogP contribution in [-0.2, 0) is 4.79 Å². The average molecular weight is 303 g/mol. The third-order valence-corrected chi connectivity index (χ3v) is 4.34. The van der Waals surface area contributed by atoms with E-state index in [1.807, 2.05) is 10.3 Å². The SMILES string of the molecule is CC(=O)N1CCCCC1c1csc(Nc2cnccn2)n1. The van der Waals surface area contributed by atoms with Gasteiger partial charge in [-0.3, -0.25) is 9.78 Å². The van der Waals surface area contributed by atoms with Crippen LogP contribution in [0.2, 0.25) is 0 Å². The molecule has 110 valence electrons. The highest BCUT2D eigenvalue weighted by Crippen LogP contribution is 2.33. The van der Waals surface area contributed by atoms with Crippen LogP contribution < -0.4 is 5.32 Å². The van der Waals surface area contributed by atoms with E-state index in [0.717, 1.165) is 36.6 Å². The van der Waals surface area contributed by atoms with Gasteiger partial charge in [0, 0.05) is 31.2 Å². The monoisotopic (exact) mass is 303 g/mol. The number of hydrogen-bond acceptors (Lipinski definition) is 6. The molecule has 2 aromatic heterocycles. The maximum atomic E-state index is 11.7. The van der Waals surface area contributed by atoms with E-state index >= 15 is 0 Å². The summed E-state index contributed by atoms with van der Waals surface area (Å²) in [7, 11) is 0. The number of carbonyl (C=O) groups is 1. The number of nitrogens with one attached hydrogen (secondary N) is 1. The normalized spacial score (nSPS) is 18.5. The summed E-state index contributed by atoms with van der Waals surface area (Å²) in [4.78, 5) is 26.5. The number of carbonyl (C=O) groups excluding carboxylic acids is 1. The lowest BCUT2D eigenvalue weighted by molar-refractivity contribution is -0.132. The number of anilines is 2. The van der Waals surface area contributed by atoms with E-state index in [4.69, 9.17) is 0 Å². The molecule has 6 nitrogen and oxygen atoms in total. The number of nitrogens with zero attached hydrogens (tertiary/aromatic N) is 4. The smallest absolute Gasteiger partial charge is 0.220 e. The van der Waals surface area contributed by atoms with E-state index in [0.29, 0.717) is 5.82 Å². The predicted molar refractivity (Wildman–Crippen MR) is 81.4 cm³/mol. The number of hydrogen-bond donors (Lipinski definition) is 1. The second-order valence-corrected chi connectivity index (χ2v) is 5.88. The predicted octanol–water partition coefficient (Wildman–Crippen LogP) is 2.75. The van der Waals surface area contributed by atoms with Crippen molar-refractivity contribution >= 4 is 28.2 Å². The van der Waals surface area contributed by atoms with Gasteiger partial charge in [-0.05, 0) is 19.3 Å². The van der Waals surface area contributed by atoms with E-state index in [9.17, 15) is 4.79 Å². The standard InChI is InChI=1S/C14H17N5OS/c1-10(20)19-7-3-2-4-12(19)11-9-21-14(17-11)18-13-8-15-5-6-16-13/h5-6,8-9,12H,2-4,7H2,1H3,(H,16,17,18). The molecule has 3 rings (SSSR count). The van der Waals surface area contributed by atoms with Gasteiger partial charge in [0.15, 0.2) is 10.9 Å². The first-order valence-corrected chi connectivity index (χ1v) is 7.87. The lowest BCUT2D eigenvalue weighted by Crippen LogP contribution is -2.37. The average Bonchev–Trinajstić information content (AvgIpc) is 2.96. The Morgan fingerprint density at radius 2 is 2.33 bits per heavy atom. The number of likely N-dealkylation sites (tertiary alicyclic amines) is 1. The third kappa shape index (κ3) is 3.18. The van der Waals surface area contributed by atoms with Crippen LogP contribution in [-0.4, -0.2) is 32.3 Å². The number of aromatic nitrogens is 3. The number of amides is 1. The number of piperidine rings is 1. The van der Waals surface area contributed by atoms with Crippen LogP contribution in [0.5, 0.6) is 0 Å². The summed E-state index contributed by atoms with van der Waals surface area (Å²) < 4.78 is 0. The zero-order valence-electron chi connectivity index (χ0n) is 11.8. The molecule has 0 spiro atoms. The molecule has 1 aliphatic rings. The lowest BCUT2D eigenvalue weighted by Gasteiger charge is -2.34. The van der Waals surface area contributed by atoms with Crippen LogP contribution in [0, 0.1) is 0 Å². The van der Waals surface area contributed by atoms with Gasteiger partial charge in [0.1, 0.15) is 0 Å². The van der Waals surface area contributed by atoms with Gasteiger partial charge in [0.05, 0.1) is 17.9 Å². The molecule has 1 N–H and O–H groups in total. The molecule has 1 unspecified atom stereocenters. The van der Waals surface area contributed by atoms with Crippen molar-refractivity contribution in [3.8, 4) is 0 Å². The molecule has 21 heavy (non-hydrogen) atoms. The number of thiazole rings is 1. The fourth-order valence-electron chi connectivity index (χ4n) is 2.59. The summed E-state index contributed by atoms with van der Waals surface area (Å²) in [6, 6.07) is 0.102. The van der Waals surface area contributed by atoms with Gasteiger partial charge in [-0.2, -0.15) is 0 Å². The molecule has 0 saturated carbocycles. The summed E-state index contributed by atoms with van der Waals surface area (Å²) in [5, 5.41) is 5.93. The molecule has 1 saturated heterocycles. The van der Waals surface area contributed by atoms with Crippen LogP contribution in [0.1, 0.15) is 37.9 Å². The molecular weight excluding hydrogens is 286 g/mol. The van der Waals surface area contributed by atoms with Crippen molar-refractivity contribution in [2.45, 2.75) is 32.2 Å². The van der Waals surface area contributed by atoms with Gasteiger partial charge in [0.2, 0.25) is 5.91 Å². The van der Waals surface area contributed by atoms with Crippen LogP contribution in [0.25, 0.3) is 0 Å².